The van der Waals surface area contributed by atoms with Crippen LogP contribution in [0.25, 0.3) is 5.65 Å². The third-order valence-corrected chi connectivity index (χ3v) is 4.72. The van der Waals surface area contributed by atoms with Gasteiger partial charge in [-0.1, -0.05) is 36.4 Å². The lowest BCUT2D eigenvalue weighted by atomic mass is 10.2. The SMILES string of the molecule is COc1ccc(N(CCn2nc3ccccn3c2=O)Cc2ccccc2)cc1. The van der Waals surface area contributed by atoms with Crippen LogP contribution in [0.5, 0.6) is 5.75 Å². The minimum atomic E-state index is -0.120. The van der Waals surface area contributed by atoms with E-state index in [0.717, 1.165) is 18.0 Å². The summed E-state index contributed by atoms with van der Waals surface area (Å²) in [5, 5.41) is 4.43. The van der Waals surface area contributed by atoms with Gasteiger partial charge in [0, 0.05) is 25.0 Å². The molecule has 0 atom stereocenters. The highest BCUT2D eigenvalue weighted by Gasteiger charge is 2.11. The van der Waals surface area contributed by atoms with E-state index in [4.69, 9.17) is 4.74 Å². The van der Waals surface area contributed by atoms with Crippen LogP contribution in [0.4, 0.5) is 5.69 Å². The van der Waals surface area contributed by atoms with Crippen molar-refractivity contribution in [1.82, 2.24) is 14.2 Å². The van der Waals surface area contributed by atoms with Crippen LogP contribution in [-0.4, -0.2) is 27.8 Å². The first-order valence-electron chi connectivity index (χ1n) is 9.22. The smallest absolute Gasteiger partial charge is 0.350 e. The number of nitrogens with zero attached hydrogens (tertiary/aromatic N) is 4. The van der Waals surface area contributed by atoms with Crippen molar-refractivity contribution in [2.75, 3.05) is 18.6 Å². The molecule has 0 aliphatic heterocycles. The lowest BCUT2D eigenvalue weighted by Gasteiger charge is -2.25. The minimum absolute atomic E-state index is 0.120. The quantitative estimate of drug-likeness (QED) is 0.498. The predicted molar refractivity (Wildman–Crippen MR) is 110 cm³/mol. The Kier molecular flexibility index (Phi) is 5.10. The average Bonchev–Trinajstić information content (AvgIpc) is 3.08. The molecule has 0 saturated heterocycles. The Balaban J connectivity index is 1.58. The summed E-state index contributed by atoms with van der Waals surface area (Å²) in [6.45, 7) is 1.90. The Morgan fingerprint density at radius 2 is 1.71 bits per heavy atom. The van der Waals surface area contributed by atoms with Gasteiger partial charge in [0.1, 0.15) is 5.75 Å². The lowest BCUT2D eigenvalue weighted by molar-refractivity contribution is 0.415. The van der Waals surface area contributed by atoms with E-state index < -0.39 is 0 Å². The van der Waals surface area contributed by atoms with Gasteiger partial charge in [0.2, 0.25) is 0 Å². The molecule has 0 N–H and O–H groups in total. The molecule has 6 nitrogen and oxygen atoms in total. The van der Waals surface area contributed by atoms with E-state index in [2.05, 4.69) is 22.1 Å². The summed E-state index contributed by atoms with van der Waals surface area (Å²) < 4.78 is 8.36. The first kappa shape index (κ1) is 17.9. The number of fused-ring (bicyclic) bond motifs is 1. The molecule has 0 amide bonds. The van der Waals surface area contributed by atoms with Crippen molar-refractivity contribution >= 4 is 11.3 Å². The lowest BCUT2D eigenvalue weighted by Crippen LogP contribution is -2.31. The highest BCUT2D eigenvalue weighted by Crippen LogP contribution is 2.21. The van der Waals surface area contributed by atoms with E-state index in [-0.39, 0.29) is 5.69 Å². The van der Waals surface area contributed by atoms with Gasteiger partial charge in [-0.2, -0.15) is 0 Å². The van der Waals surface area contributed by atoms with Crippen LogP contribution in [0.2, 0.25) is 0 Å². The van der Waals surface area contributed by atoms with Crippen LogP contribution in [0.15, 0.2) is 83.8 Å². The molecule has 28 heavy (non-hydrogen) atoms. The largest absolute Gasteiger partial charge is 0.497 e. The van der Waals surface area contributed by atoms with Gasteiger partial charge in [-0.05, 0) is 42.0 Å². The number of rotatable bonds is 7. The van der Waals surface area contributed by atoms with Gasteiger partial charge in [-0.25, -0.2) is 9.48 Å². The Morgan fingerprint density at radius 3 is 2.43 bits per heavy atom. The molecular formula is C22H22N4O2. The number of hydrogen-bond donors (Lipinski definition) is 0. The molecule has 4 aromatic rings. The van der Waals surface area contributed by atoms with Crippen molar-refractivity contribution in [3.63, 3.8) is 0 Å². The molecule has 0 fully saturated rings. The van der Waals surface area contributed by atoms with Crippen LogP contribution >= 0.6 is 0 Å². The third kappa shape index (κ3) is 3.76. The van der Waals surface area contributed by atoms with Crippen LogP contribution < -0.4 is 15.3 Å². The molecule has 0 spiro atoms. The predicted octanol–water partition coefficient (Wildman–Crippen LogP) is 3.21. The van der Waals surface area contributed by atoms with Gasteiger partial charge < -0.3 is 9.64 Å². The van der Waals surface area contributed by atoms with E-state index >= 15 is 0 Å². The summed E-state index contributed by atoms with van der Waals surface area (Å²) >= 11 is 0. The second-order valence-corrected chi connectivity index (χ2v) is 6.54. The molecule has 0 radical (unpaired) electrons. The number of methoxy groups -OCH3 is 1. The Labute approximate surface area is 163 Å². The molecule has 2 heterocycles. The molecule has 2 aromatic carbocycles. The highest BCUT2D eigenvalue weighted by molar-refractivity contribution is 5.49. The van der Waals surface area contributed by atoms with Gasteiger partial charge in [0.15, 0.2) is 5.65 Å². The van der Waals surface area contributed by atoms with Crippen LogP contribution in [0, 0.1) is 0 Å². The number of aromatic nitrogens is 3. The van der Waals surface area contributed by atoms with Crippen molar-refractivity contribution in [2.45, 2.75) is 13.1 Å². The van der Waals surface area contributed by atoms with E-state index in [0.29, 0.717) is 18.7 Å². The summed E-state index contributed by atoms with van der Waals surface area (Å²) in [7, 11) is 1.66. The normalized spacial score (nSPS) is 10.9. The van der Waals surface area contributed by atoms with E-state index in [1.54, 1.807) is 17.7 Å². The van der Waals surface area contributed by atoms with Gasteiger partial charge in [0.25, 0.3) is 0 Å². The Morgan fingerprint density at radius 1 is 0.964 bits per heavy atom. The maximum atomic E-state index is 12.5. The number of ether oxygens (including phenoxy) is 1. The second-order valence-electron chi connectivity index (χ2n) is 6.54. The molecule has 2 aromatic heterocycles. The van der Waals surface area contributed by atoms with Crippen molar-refractivity contribution in [3.8, 4) is 5.75 Å². The molecular weight excluding hydrogens is 352 g/mol. The molecule has 0 aliphatic carbocycles. The maximum absolute atomic E-state index is 12.5. The first-order chi connectivity index (χ1) is 13.7. The molecule has 6 heteroatoms. The fourth-order valence-electron chi connectivity index (χ4n) is 3.23. The van der Waals surface area contributed by atoms with Crippen molar-refractivity contribution in [3.05, 3.63) is 95.0 Å². The molecule has 0 unspecified atom stereocenters. The second kappa shape index (κ2) is 8.00. The number of benzene rings is 2. The fourth-order valence-corrected chi connectivity index (χ4v) is 3.23. The van der Waals surface area contributed by atoms with Crippen LogP contribution in [0.1, 0.15) is 5.56 Å². The zero-order valence-corrected chi connectivity index (χ0v) is 15.7. The summed E-state index contributed by atoms with van der Waals surface area (Å²) in [5.41, 5.74) is 2.82. The summed E-state index contributed by atoms with van der Waals surface area (Å²) in [4.78, 5) is 14.8. The Bertz CT molecular complexity index is 1100. The standard InChI is InChI=1S/C22H22N4O2/c1-28-20-12-10-19(11-13-20)24(17-18-7-3-2-4-8-18)15-16-26-22(27)25-14-6-5-9-21(25)23-26/h2-14H,15-17H2,1H3. The third-order valence-electron chi connectivity index (χ3n) is 4.72. The minimum Gasteiger partial charge on any atom is -0.497 e. The van der Waals surface area contributed by atoms with E-state index in [1.165, 1.54) is 10.2 Å². The maximum Gasteiger partial charge on any atom is 0.350 e. The van der Waals surface area contributed by atoms with E-state index in [1.807, 2.05) is 60.7 Å². The first-order valence-corrected chi connectivity index (χ1v) is 9.22. The summed E-state index contributed by atoms with van der Waals surface area (Å²) in [6.07, 6.45) is 1.74. The van der Waals surface area contributed by atoms with Crippen LogP contribution in [0.3, 0.4) is 0 Å². The zero-order chi connectivity index (χ0) is 19.3. The summed E-state index contributed by atoms with van der Waals surface area (Å²) in [6, 6.07) is 23.8. The van der Waals surface area contributed by atoms with Crippen molar-refractivity contribution in [2.24, 2.45) is 0 Å². The number of anilines is 1. The monoisotopic (exact) mass is 374 g/mol. The van der Waals surface area contributed by atoms with E-state index in [9.17, 15) is 4.79 Å². The number of hydrogen-bond acceptors (Lipinski definition) is 4. The summed E-state index contributed by atoms with van der Waals surface area (Å²) in [5.74, 6) is 0.819. The van der Waals surface area contributed by atoms with Gasteiger partial charge in [-0.15, -0.1) is 5.10 Å². The molecule has 4 rings (SSSR count). The average molecular weight is 374 g/mol. The molecule has 0 aliphatic rings. The molecule has 142 valence electrons. The molecule has 0 bridgehead atoms. The highest BCUT2D eigenvalue weighted by atomic mass is 16.5. The zero-order valence-electron chi connectivity index (χ0n) is 15.7. The van der Waals surface area contributed by atoms with Crippen LogP contribution in [-0.2, 0) is 13.1 Å². The fraction of sp³-hybridized carbons (Fsp3) is 0.182. The van der Waals surface area contributed by atoms with Crippen molar-refractivity contribution < 1.29 is 4.74 Å². The van der Waals surface area contributed by atoms with Gasteiger partial charge >= 0.3 is 5.69 Å². The van der Waals surface area contributed by atoms with Crippen molar-refractivity contribution in [1.29, 1.82) is 0 Å². The molecule has 0 saturated carbocycles. The Hall–Kier alpha value is -3.54. The number of pyridine rings is 1. The van der Waals surface area contributed by atoms with Gasteiger partial charge in [0.05, 0.1) is 13.7 Å². The topological polar surface area (TPSA) is 51.8 Å². The van der Waals surface area contributed by atoms with Gasteiger partial charge in [-0.3, -0.25) is 4.40 Å².